The van der Waals surface area contributed by atoms with Crippen LogP contribution in [-0.2, 0) is 4.74 Å². The third kappa shape index (κ3) is 4.75. The van der Waals surface area contributed by atoms with Crippen LogP contribution in [0.25, 0.3) is 0 Å². The summed E-state index contributed by atoms with van der Waals surface area (Å²) in [5.74, 6) is 2.46. The quantitative estimate of drug-likeness (QED) is 0.897. The summed E-state index contributed by atoms with van der Waals surface area (Å²) in [4.78, 5) is 0. The van der Waals surface area contributed by atoms with E-state index in [0.717, 1.165) is 24.4 Å². The van der Waals surface area contributed by atoms with Gasteiger partial charge in [0.2, 0.25) is 0 Å². The first-order valence-corrected chi connectivity index (χ1v) is 7.21. The molecule has 0 aromatic heterocycles. The summed E-state index contributed by atoms with van der Waals surface area (Å²) in [7, 11) is 1.79. The molecule has 1 aliphatic carbocycles. The zero-order chi connectivity index (χ0) is 14.3. The zero-order valence-electron chi connectivity index (χ0n) is 11.8. The van der Waals surface area contributed by atoms with Crippen molar-refractivity contribution in [3.63, 3.8) is 0 Å². The highest BCUT2D eigenvalue weighted by atomic mass is 35.5. The van der Waals surface area contributed by atoms with Gasteiger partial charge in [0.05, 0.1) is 5.02 Å². The first-order chi connectivity index (χ1) is 9.24. The van der Waals surface area contributed by atoms with Crippen molar-refractivity contribution in [2.24, 2.45) is 17.8 Å². The summed E-state index contributed by atoms with van der Waals surface area (Å²) in [5.41, 5.74) is 0. The van der Waals surface area contributed by atoms with Crippen LogP contribution in [0.1, 0.15) is 13.8 Å². The molecule has 1 aromatic carbocycles. The van der Waals surface area contributed by atoms with E-state index in [1.165, 1.54) is 25.2 Å². The topological polar surface area (TPSA) is 21.3 Å². The Morgan fingerprint density at radius 1 is 1.26 bits per heavy atom. The fourth-order valence-electron chi connectivity index (χ4n) is 2.43. The molecular formula is C15H23ClFNO. The summed E-state index contributed by atoms with van der Waals surface area (Å²) in [6, 6.07) is 6.12. The standard InChI is InChI=1S/C7H13NO.C6H4ClF.C2H6/c1-9-4-7-5-2-8-3-6(5)7;7-5-3-1-2-4-6(5)8;1-2/h5-8H,2-4H2,1H3;1-4H;1-2H3. The molecule has 1 aliphatic heterocycles. The lowest BCUT2D eigenvalue weighted by Gasteiger charge is -2.00. The molecule has 3 rings (SSSR count). The maximum atomic E-state index is 12.2. The molecule has 0 bridgehead atoms. The molecule has 2 fully saturated rings. The molecule has 0 radical (unpaired) electrons. The van der Waals surface area contributed by atoms with Crippen molar-refractivity contribution in [1.29, 1.82) is 0 Å². The second-order valence-corrected chi connectivity index (χ2v) is 4.93. The normalized spacial score (nSPS) is 26.5. The average molecular weight is 288 g/mol. The van der Waals surface area contributed by atoms with Gasteiger partial charge in [0.1, 0.15) is 5.82 Å². The fraction of sp³-hybridized carbons (Fsp3) is 0.600. The fourth-order valence-corrected chi connectivity index (χ4v) is 2.56. The highest BCUT2D eigenvalue weighted by Gasteiger charge is 2.52. The predicted molar refractivity (Wildman–Crippen MR) is 78.0 cm³/mol. The molecule has 4 heteroatoms. The first-order valence-electron chi connectivity index (χ1n) is 6.83. The Labute approximate surface area is 120 Å². The second kappa shape index (κ2) is 8.51. The molecule has 1 N–H and O–H groups in total. The lowest BCUT2D eigenvalue weighted by molar-refractivity contribution is 0.175. The largest absolute Gasteiger partial charge is 0.384 e. The van der Waals surface area contributed by atoms with E-state index in [1.54, 1.807) is 19.2 Å². The van der Waals surface area contributed by atoms with Gasteiger partial charge in [0, 0.05) is 13.7 Å². The Bertz CT molecular complexity index is 344. The van der Waals surface area contributed by atoms with Crippen LogP contribution in [0.3, 0.4) is 0 Å². The SMILES string of the molecule is CC.COCC1C2CNCC21.Fc1ccccc1Cl. The van der Waals surface area contributed by atoms with Crippen molar-refractivity contribution in [3.05, 3.63) is 35.1 Å². The molecule has 2 atom stereocenters. The van der Waals surface area contributed by atoms with Crippen LogP contribution < -0.4 is 5.32 Å². The molecule has 0 amide bonds. The number of nitrogens with one attached hydrogen (secondary N) is 1. The van der Waals surface area contributed by atoms with E-state index in [-0.39, 0.29) is 10.8 Å². The van der Waals surface area contributed by atoms with Crippen LogP contribution in [0.2, 0.25) is 5.02 Å². The van der Waals surface area contributed by atoms with Gasteiger partial charge in [-0.3, -0.25) is 0 Å². The lowest BCUT2D eigenvalue weighted by Crippen LogP contribution is -2.16. The lowest BCUT2D eigenvalue weighted by atomic mass is 10.3. The van der Waals surface area contributed by atoms with Gasteiger partial charge in [-0.1, -0.05) is 37.6 Å². The van der Waals surface area contributed by atoms with Gasteiger partial charge in [-0.2, -0.15) is 0 Å². The number of fused-ring (bicyclic) bond motifs is 1. The van der Waals surface area contributed by atoms with Crippen LogP contribution in [0.15, 0.2) is 24.3 Å². The molecule has 2 nitrogen and oxygen atoms in total. The minimum atomic E-state index is -0.367. The summed E-state index contributed by atoms with van der Waals surface area (Å²) < 4.78 is 17.3. The Balaban J connectivity index is 0.000000170. The van der Waals surface area contributed by atoms with Gasteiger partial charge >= 0.3 is 0 Å². The zero-order valence-corrected chi connectivity index (χ0v) is 12.6. The molecular weight excluding hydrogens is 265 g/mol. The minimum Gasteiger partial charge on any atom is -0.384 e. The Morgan fingerprint density at radius 3 is 2.26 bits per heavy atom. The van der Waals surface area contributed by atoms with E-state index in [2.05, 4.69) is 5.32 Å². The van der Waals surface area contributed by atoms with E-state index in [9.17, 15) is 4.39 Å². The van der Waals surface area contributed by atoms with Crippen LogP contribution >= 0.6 is 11.6 Å². The number of ether oxygens (including phenoxy) is 1. The monoisotopic (exact) mass is 287 g/mol. The number of hydrogen-bond donors (Lipinski definition) is 1. The number of methoxy groups -OCH3 is 1. The van der Waals surface area contributed by atoms with Gasteiger partial charge in [0.15, 0.2) is 0 Å². The van der Waals surface area contributed by atoms with Gasteiger partial charge in [-0.15, -0.1) is 0 Å². The number of halogens is 2. The van der Waals surface area contributed by atoms with Crippen molar-refractivity contribution in [3.8, 4) is 0 Å². The maximum Gasteiger partial charge on any atom is 0.141 e. The number of benzene rings is 1. The van der Waals surface area contributed by atoms with Crippen LogP contribution in [0, 0.1) is 23.6 Å². The number of piperidine rings is 1. The highest BCUT2D eigenvalue weighted by Crippen LogP contribution is 2.48. The second-order valence-electron chi connectivity index (χ2n) is 4.52. The smallest absolute Gasteiger partial charge is 0.141 e. The molecule has 2 aliphatic rings. The van der Waals surface area contributed by atoms with Crippen molar-refractivity contribution < 1.29 is 9.13 Å². The van der Waals surface area contributed by atoms with E-state index >= 15 is 0 Å². The molecule has 2 unspecified atom stereocenters. The molecule has 1 saturated carbocycles. The van der Waals surface area contributed by atoms with Crippen molar-refractivity contribution in [2.45, 2.75) is 13.8 Å². The number of rotatable bonds is 2. The molecule has 1 aromatic rings. The van der Waals surface area contributed by atoms with Crippen LogP contribution in [-0.4, -0.2) is 26.8 Å². The summed E-state index contributed by atoms with van der Waals surface area (Å²) in [6.45, 7) is 7.45. The van der Waals surface area contributed by atoms with Crippen LogP contribution in [0.4, 0.5) is 4.39 Å². The van der Waals surface area contributed by atoms with Crippen LogP contribution in [0.5, 0.6) is 0 Å². The molecule has 19 heavy (non-hydrogen) atoms. The summed E-state index contributed by atoms with van der Waals surface area (Å²) in [5, 5.41) is 3.53. The number of hydrogen-bond acceptors (Lipinski definition) is 2. The average Bonchev–Trinajstić information content (AvgIpc) is 2.89. The van der Waals surface area contributed by atoms with E-state index in [1.807, 2.05) is 13.8 Å². The third-order valence-electron chi connectivity index (χ3n) is 3.45. The summed E-state index contributed by atoms with van der Waals surface area (Å²) in [6.07, 6.45) is 0. The van der Waals surface area contributed by atoms with Gasteiger partial charge in [-0.05, 0) is 43.0 Å². The first kappa shape index (κ1) is 16.4. The Hall–Kier alpha value is -0.640. The predicted octanol–water partition coefficient (Wildman–Crippen LogP) is 3.60. The van der Waals surface area contributed by atoms with Crippen molar-refractivity contribution in [1.82, 2.24) is 5.32 Å². The molecule has 0 spiro atoms. The van der Waals surface area contributed by atoms with E-state index in [4.69, 9.17) is 16.3 Å². The van der Waals surface area contributed by atoms with Gasteiger partial charge in [0.25, 0.3) is 0 Å². The van der Waals surface area contributed by atoms with Gasteiger partial charge < -0.3 is 10.1 Å². The third-order valence-corrected chi connectivity index (χ3v) is 3.76. The minimum absolute atomic E-state index is 0.174. The maximum absolute atomic E-state index is 12.2. The summed E-state index contributed by atoms with van der Waals surface area (Å²) >= 11 is 5.33. The molecule has 1 saturated heterocycles. The van der Waals surface area contributed by atoms with Crippen molar-refractivity contribution >= 4 is 11.6 Å². The van der Waals surface area contributed by atoms with Crippen molar-refractivity contribution in [2.75, 3.05) is 26.8 Å². The molecule has 1 heterocycles. The Kier molecular flexibility index (Phi) is 7.36. The Morgan fingerprint density at radius 2 is 1.84 bits per heavy atom. The molecule has 108 valence electrons. The van der Waals surface area contributed by atoms with E-state index in [0.29, 0.717) is 0 Å². The van der Waals surface area contributed by atoms with E-state index < -0.39 is 0 Å². The highest BCUT2D eigenvalue weighted by molar-refractivity contribution is 6.30. The van der Waals surface area contributed by atoms with Gasteiger partial charge in [-0.25, -0.2) is 4.39 Å².